The zero-order valence-electron chi connectivity index (χ0n) is 42.8. The average Bonchev–Trinajstić information content (AvgIpc) is 3.72. The standard InChI is InChI=1S/C53H101N3O8S/c1-6-10-13-16-21-28-36-49(9-4)62-52(57)39-31-24-19-26-33-42-56(44-35-41-54-65(59,60)47-48-45-51(46-61-5)64-55-48)43-34-27-20-25-32-40-53(58)63-50(37-29-22-17-14-11-7-2)38-30-23-18-15-12-8-3/h45,49-50,54H,6-44,46-47H2,1-5H3. The van der Waals surface area contributed by atoms with Gasteiger partial charge in [-0.25, -0.2) is 13.1 Å². The Morgan fingerprint density at radius 3 is 1.48 bits per heavy atom. The molecule has 1 heterocycles. The quantitative estimate of drug-likeness (QED) is 0.0496. The van der Waals surface area contributed by atoms with Gasteiger partial charge >= 0.3 is 11.9 Å². The van der Waals surface area contributed by atoms with E-state index < -0.39 is 10.0 Å². The molecular formula is C53H101N3O8S. The molecule has 0 saturated carbocycles. The van der Waals surface area contributed by atoms with E-state index in [2.05, 4.69) is 42.5 Å². The lowest BCUT2D eigenvalue weighted by Crippen LogP contribution is -2.32. The molecular weight excluding hydrogens is 839 g/mol. The van der Waals surface area contributed by atoms with Crippen LogP contribution in [0.25, 0.3) is 0 Å². The number of hydrogen-bond donors (Lipinski definition) is 1. The Kier molecular flexibility index (Phi) is 40.6. The number of rotatable bonds is 49. The van der Waals surface area contributed by atoms with Crippen molar-refractivity contribution in [3.05, 3.63) is 17.5 Å². The number of sulfonamides is 1. The van der Waals surface area contributed by atoms with Gasteiger partial charge in [-0.15, -0.1) is 0 Å². The minimum Gasteiger partial charge on any atom is -0.462 e. The Balaban J connectivity index is 2.49. The summed E-state index contributed by atoms with van der Waals surface area (Å²) in [5.74, 6) is 0.206. The summed E-state index contributed by atoms with van der Waals surface area (Å²) in [5, 5.41) is 3.87. The topological polar surface area (TPSA) is 137 Å². The molecule has 12 heteroatoms. The summed E-state index contributed by atoms with van der Waals surface area (Å²) in [6, 6.07) is 1.62. The highest BCUT2D eigenvalue weighted by atomic mass is 32.2. The minimum absolute atomic E-state index is 0.0190. The molecule has 0 aliphatic rings. The van der Waals surface area contributed by atoms with Crippen LogP contribution in [0, 0.1) is 0 Å². The normalized spacial score (nSPS) is 12.4. The van der Waals surface area contributed by atoms with E-state index in [-0.39, 0.29) is 36.5 Å². The van der Waals surface area contributed by atoms with Crippen molar-refractivity contribution in [2.75, 3.05) is 33.3 Å². The minimum atomic E-state index is -3.55. The Bertz CT molecular complexity index is 1330. The number of aromatic nitrogens is 1. The van der Waals surface area contributed by atoms with E-state index in [1.165, 1.54) is 96.3 Å². The highest BCUT2D eigenvalue weighted by Gasteiger charge is 2.17. The number of esters is 2. The lowest BCUT2D eigenvalue weighted by atomic mass is 10.0. The third-order valence-electron chi connectivity index (χ3n) is 12.6. The van der Waals surface area contributed by atoms with Gasteiger partial charge in [0.05, 0.1) is 0 Å². The molecule has 1 aromatic rings. The van der Waals surface area contributed by atoms with Gasteiger partial charge in [-0.2, -0.15) is 0 Å². The predicted octanol–water partition coefficient (Wildman–Crippen LogP) is 14.1. The summed E-state index contributed by atoms with van der Waals surface area (Å²) in [6.07, 6.45) is 38.7. The van der Waals surface area contributed by atoms with E-state index in [9.17, 15) is 18.0 Å². The summed E-state index contributed by atoms with van der Waals surface area (Å²) in [6.45, 7) is 12.2. The van der Waals surface area contributed by atoms with Gasteiger partial charge in [0.1, 0.15) is 30.3 Å². The van der Waals surface area contributed by atoms with E-state index in [1.807, 2.05) is 0 Å². The molecule has 1 N–H and O–H groups in total. The highest BCUT2D eigenvalue weighted by Crippen LogP contribution is 2.19. The van der Waals surface area contributed by atoms with Gasteiger partial charge in [0.25, 0.3) is 0 Å². The van der Waals surface area contributed by atoms with Gasteiger partial charge in [-0.05, 0) is 96.7 Å². The van der Waals surface area contributed by atoms with Gasteiger partial charge in [0.2, 0.25) is 10.0 Å². The first-order valence-electron chi connectivity index (χ1n) is 27.2. The molecule has 1 atom stereocenters. The maximum absolute atomic E-state index is 12.9. The van der Waals surface area contributed by atoms with E-state index in [4.69, 9.17) is 18.7 Å². The smallest absolute Gasteiger partial charge is 0.306 e. The van der Waals surface area contributed by atoms with E-state index in [1.54, 1.807) is 13.2 Å². The van der Waals surface area contributed by atoms with Crippen LogP contribution >= 0.6 is 0 Å². The molecule has 0 amide bonds. The van der Waals surface area contributed by atoms with Crippen LogP contribution < -0.4 is 4.72 Å². The summed E-state index contributed by atoms with van der Waals surface area (Å²) < 4.78 is 50.3. The fourth-order valence-electron chi connectivity index (χ4n) is 8.57. The van der Waals surface area contributed by atoms with Crippen LogP contribution in [0.5, 0.6) is 0 Å². The third kappa shape index (κ3) is 37.6. The van der Waals surface area contributed by atoms with E-state index in [0.29, 0.717) is 37.3 Å². The Labute approximate surface area is 399 Å². The molecule has 11 nitrogen and oxygen atoms in total. The first kappa shape index (κ1) is 61.0. The van der Waals surface area contributed by atoms with Crippen molar-refractivity contribution in [2.24, 2.45) is 0 Å². The van der Waals surface area contributed by atoms with Crippen molar-refractivity contribution < 1.29 is 36.7 Å². The van der Waals surface area contributed by atoms with Crippen molar-refractivity contribution in [3.63, 3.8) is 0 Å². The molecule has 0 fully saturated rings. The summed E-state index contributed by atoms with van der Waals surface area (Å²) in [7, 11) is -1.99. The molecule has 1 unspecified atom stereocenters. The molecule has 1 aromatic heterocycles. The SMILES string of the molecule is CCCCCCCCC(CC)OC(=O)CCCCCCCN(CCCCCCCC(=O)OC(CCCCCCCC)CCCCCCCC)CCCNS(=O)(=O)Cc1cc(COC)on1. The zero-order valence-corrected chi connectivity index (χ0v) is 43.6. The number of methoxy groups -OCH3 is 1. The van der Waals surface area contributed by atoms with Crippen LogP contribution in [-0.2, 0) is 46.2 Å². The number of carbonyl (C=O) groups excluding carboxylic acids is 2. The Morgan fingerprint density at radius 1 is 0.585 bits per heavy atom. The van der Waals surface area contributed by atoms with Crippen LogP contribution in [0.3, 0.4) is 0 Å². The van der Waals surface area contributed by atoms with Gasteiger partial charge in [-0.1, -0.05) is 168 Å². The highest BCUT2D eigenvalue weighted by molar-refractivity contribution is 7.88. The third-order valence-corrected chi connectivity index (χ3v) is 13.9. The molecule has 0 radical (unpaired) electrons. The number of ether oxygens (including phenoxy) is 3. The number of nitrogens with zero attached hydrogens (tertiary/aromatic N) is 2. The van der Waals surface area contributed by atoms with Crippen LogP contribution in [0.15, 0.2) is 10.6 Å². The van der Waals surface area contributed by atoms with Crippen LogP contribution in [0.4, 0.5) is 0 Å². The van der Waals surface area contributed by atoms with Crippen molar-refractivity contribution in [1.82, 2.24) is 14.8 Å². The van der Waals surface area contributed by atoms with Crippen molar-refractivity contribution in [1.29, 1.82) is 0 Å². The molecule has 0 aromatic carbocycles. The fourth-order valence-corrected chi connectivity index (χ4v) is 9.65. The molecule has 65 heavy (non-hydrogen) atoms. The summed E-state index contributed by atoms with van der Waals surface area (Å²) >= 11 is 0. The van der Waals surface area contributed by atoms with E-state index >= 15 is 0 Å². The number of carbonyl (C=O) groups is 2. The molecule has 382 valence electrons. The van der Waals surface area contributed by atoms with Crippen LogP contribution in [0.1, 0.15) is 264 Å². The largest absolute Gasteiger partial charge is 0.462 e. The lowest BCUT2D eigenvalue weighted by Gasteiger charge is -2.22. The first-order valence-corrected chi connectivity index (χ1v) is 28.8. The number of nitrogens with one attached hydrogen (secondary N) is 1. The Hall–Kier alpha value is -2.02. The summed E-state index contributed by atoms with van der Waals surface area (Å²) in [4.78, 5) is 27.9. The van der Waals surface area contributed by atoms with Crippen LogP contribution in [-0.4, -0.2) is 75.9 Å². The van der Waals surface area contributed by atoms with Crippen molar-refractivity contribution >= 4 is 22.0 Å². The Morgan fingerprint density at radius 2 is 1.00 bits per heavy atom. The van der Waals surface area contributed by atoms with Crippen molar-refractivity contribution in [3.8, 4) is 0 Å². The second-order valence-electron chi connectivity index (χ2n) is 18.9. The molecule has 0 spiro atoms. The summed E-state index contributed by atoms with van der Waals surface area (Å²) in [5.41, 5.74) is 0.366. The first-order chi connectivity index (χ1) is 31.7. The zero-order chi connectivity index (χ0) is 47.5. The number of unbranched alkanes of at least 4 members (excludes halogenated alkanes) is 23. The van der Waals surface area contributed by atoms with Gasteiger partial charge in [0.15, 0.2) is 5.76 Å². The predicted molar refractivity (Wildman–Crippen MR) is 268 cm³/mol. The van der Waals surface area contributed by atoms with Crippen molar-refractivity contribution in [2.45, 2.75) is 277 Å². The average molecular weight is 940 g/mol. The molecule has 0 aliphatic carbocycles. The lowest BCUT2D eigenvalue weighted by molar-refractivity contribution is -0.150. The maximum atomic E-state index is 12.9. The van der Waals surface area contributed by atoms with Gasteiger partial charge in [0, 0.05) is 32.6 Å². The van der Waals surface area contributed by atoms with Gasteiger partial charge < -0.3 is 23.6 Å². The molecule has 0 aliphatic heterocycles. The maximum Gasteiger partial charge on any atom is 0.306 e. The molecule has 0 saturated heterocycles. The monoisotopic (exact) mass is 940 g/mol. The van der Waals surface area contributed by atoms with Crippen LogP contribution in [0.2, 0.25) is 0 Å². The van der Waals surface area contributed by atoms with E-state index in [0.717, 1.165) is 129 Å². The molecule has 0 bridgehead atoms. The number of hydrogen-bond acceptors (Lipinski definition) is 10. The second kappa shape index (κ2) is 43.3. The second-order valence-corrected chi connectivity index (χ2v) is 20.7. The van der Waals surface area contributed by atoms with Gasteiger partial charge in [-0.3, -0.25) is 9.59 Å². The fraction of sp³-hybridized carbons (Fsp3) is 0.906. The molecule has 1 rings (SSSR count).